The Hall–Kier alpha value is -1.58. The smallest absolute Gasteiger partial charge is 0.223 e. The van der Waals surface area contributed by atoms with Crippen LogP contribution >= 0.6 is 0 Å². The van der Waals surface area contributed by atoms with Crippen molar-refractivity contribution in [3.8, 4) is 0 Å². The van der Waals surface area contributed by atoms with E-state index in [0.29, 0.717) is 18.9 Å². The fraction of sp³-hybridized carbons (Fsp3) is 0.647. The van der Waals surface area contributed by atoms with E-state index in [4.69, 9.17) is 0 Å². The Balaban J connectivity index is 2.10. The number of likely N-dealkylation sites (tertiary alicyclic amines) is 1. The van der Waals surface area contributed by atoms with Crippen LogP contribution in [0.5, 0.6) is 0 Å². The van der Waals surface area contributed by atoms with E-state index in [2.05, 4.69) is 20.8 Å². The Morgan fingerprint density at radius 1 is 1.33 bits per heavy atom. The summed E-state index contributed by atoms with van der Waals surface area (Å²) < 4.78 is 2.01. The van der Waals surface area contributed by atoms with Crippen LogP contribution in [-0.2, 0) is 11.8 Å². The second-order valence-electron chi connectivity index (χ2n) is 7.31. The predicted molar refractivity (Wildman–Crippen MR) is 83.4 cm³/mol. The Labute approximate surface area is 127 Å². The summed E-state index contributed by atoms with van der Waals surface area (Å²) in [5.74, 6) is 0.476. The van der Waals surface area contributed by atoms with E-state index in [9.17, 15) is 9.59 Å². The van der Waals surface area contributed by atoms with Crippen molar-refractivity contribution in [1.29, 1.82) is 0 Å². The molecule has 2 rings (SSSR count). The third-order valence-electron chi connectivity index (χ3n) is 4.85. The number of Topliss-reactive ketones (excluding diaryl/α,β-unsaturated/α-hetero) is 1. The molecule has 0 spiro atoms. The summed E-state index contributed by atoms with van der Waals surface area (Å²) in [6.07, 6.45) is 0.559. The maximum absolute atomic E-state index is 12.5. The van der Waals surface area contributed by atoms with Crippen LogP contribution in [0.2, 0.25) is 0 Å². The molecule has 0 aliphatic carbocycles. The van der Waals surface area contributed by atoms with Crippen molar-refractivity contribution in [2.45, 2.75) is 41.0 Å². The number of aromatic nitrogens is 1. The van der Waals surface area contributed by atoms with E-state index in [1.165, 1.54) is 0 Å². The quantitative estimate of drug-likeness (QED) is 0.803. The maximum Gasteiger partial charge on any atom is 0.223 e. The number of rotatable bonds is 3. The molecule has 4 heteroatoms. The molecule has 1 atom stereocenters. The summed E-state index contributed by atoms with van der Waals surface area (Å²) in [6, 6.07) is 1.92. The van der Waals surface area contributed by atoms with E-state index in [1.54, 1.807) is 4.90 Å². The van der Waals surface area contributed by atoms with Crippen LogP contribution in [0, 0.1) is 25.2 Å². The lowest BCUT2D eigenvalue weighted by Gasteiger charge is -2.26. The van der Waals surface area contributed by atoms with Gasteiger partial charge in [-0.15, -0.1) is 0 Å². The highest BCUT2D eigenvalue weighted by molar-refractivity contribution is 6.00. The lowest BCUT2D eigenvalue weighted by molar-refractivity contribution is -0.127. The van der Waals surface area contributed by atoms with Crippen molar-refractivity contribution in [2.24, 2.45) is 18.4 Å². The van der Waals surface area contributed by atoms with Crippen molar-refractivity contribution < 1.29 is 9.59 Å². The van der Waals surface area contributed by atoms with Crippen molar-refractivity contribution in [3.63, 3.8) is 0 Å². The zero-order valence-corrected chi connectivity index (χ0v) is 14.0. The van der Waals surface area contributed by atoms with Crippen LogP contribution in [0.3, 0.4) is 0 Å². The fourth-order valence-corrected chi connectivity index (χ4v) is 2.90. The molecule has 1 aromatic heterocycles. The zero-order chi connectivity index (χ0) is 15.9. The van der Waals surface area contributed by atoms with Crippen LogP contribution in [0.1, 0.15) is 48.9 Å². The molecule has 116 valence electrons. The SMILES string of the molecule is Cc1cc(C(=O)CN2CC(C(C)(C)C)CC2=O)c(C)n1C. The normalized spacial score (nSPS) is 19.4. The van der Waals surface area contributed by atoms with Crippen LogP contribution in [0.25, 0.3) is 0 Å². The molecule has 2 heterocycles. The van der Waals surface area contributed by atoms with E-state index >= 15 is 0 Å². The molecular weight excluding hydrogens is 264 g/mol. The van der Waals surface area contributed by atoms with Crippen LogP contribution in [-0.4, -0.2) is 34.2 Å². The largest absolute Gasteiger partial charge is 0.351 e. The summed E-state index contributed by atoms with van der Waals surface area (Å²) in [4.78, 5) is 26.3. The molecular formula is C17H26N2O2. The van der Waals surface area contributed by atoms with E-state index in [1.807, 2.05) is 31.5 Å². The first kappa shape index (κ1) is 15.8. The van der Waals surface area contributed by atoms with Gasteiger partial charge in [0.25, 0.3) is 0 Å². The number of nitrogens with zero attached hydrogens (tertiary/aromatic N) is 2. The molecule has 0 radical (unpaired) electrons. The minimum atomic E-state index is 0.0408. The second-order valence-corrected chi connectivity index (χ2v) is 7.31. The van der Waals surface area contributed by atoms with Gasteiger partial charge in [-0.3, -0.25) is 9.59 Å². The maximum atomic E-state index is 12.5. The van der Waals surface area contributed by atoms with Gasteiger partial charge in [0.1, 0.15) is 0 Å². The molecule has 21 heavy (non-hydrogen) atoms. The minimum Gasteiger partial charge on any atom is -0.351 e. The molecule has 0 N–H and O–H groups in total. The van der Waals surface area contributed by atoms with Gasteiger partial charge in [-0.1, -0.05) is 20.8 Å². The van der Waals surface area contributed by atoms with Gasteiger partial charge in [0.2, 0.25) is 5.91 Å². The average molecular weight is 290 g/mol. The molecule has 1 aliphatic heterocycles. The summed E-state index contributed by atoms with van der Waals surface area (Å²) in [5.41, 5.74) is 2.88. The Bertz CT molecular complexity index is 578. The Morgan fingerprint density at radius 2 is 1.95 bits per heavy atom. The summed E-state index contributed by atoms with van der Waals surface area (Å²) in [5, 5.41) is 0. The highest BCUT2D eigenvalue weighted by atomic mass is 16.2. The van der Waals surface area contributed by atoms with E-state index < -0.39 is 0 Å². The van der Waals surface area contributed by atoms with Gasteiger partial charge in [-0.2, -0.15) is 0 Å². The third-order valence-corrected chi connectivity index (χ3v) is 4.85. The molecule has 1 saturated heterocycles. The molecule has 0 aromatic carbocycles. The monoisotopic (exact) mass is 290 g/mol. The first-order valence-corrected chi connectivity index (χ1v) is 7.55. The number of ketones is 1. The molecule has 0 bridgehead atoms. The van der Waals surface area contributed by atoms with Gasteiger partial charge in [0.15, 0.2) is 5.78 Å². The molecule has 0 saturated carbocycles. The number of carbonyl (C=O) groups is 2. The van der Waals surface area contributed by atoms with Crippen molar-refractivity contribution in [1.82, 2.24) is 9.47 Å². The van der Waals surface area contributed by atoms with Crippen LogP contribution in [0.4, 0.5) is 0 Å². The van der Waals surface area contributed by atoms with Gasteiger partial charge in [0, 0.05) is 37.0 Å². The lowest BCUT2D eigenvalue weighted by atomic mass is 9.80. The molecule has 1 fully saturated rings. The summed E-state index contributed by atoms with van der Waals surface area (Å²) >= 11 is 0. The van der Waals surface area contributed by atoms with Crippen LogP contribution in [0.15, 0.2) is 6.07 Å². The van der Waals surface area contributed by atoms with Crippen LogP contribution < -0.4 is 0 Å². The topological polar surface area (TPSA) is 42.3 Å². The lowest BCUT2D eigenvalue weighted by Crippen LogP contribution is -2.32. The van der Waals surface area contributed by atoms with E-state index in [-0.39, 0.29) is 23.7 Å². The third kappa shape index (κ3) is 3.04. The fourth-order valence-electron chi connectivity index (χ4n) is 2.90. The molecule has 1 amide bonds. The number of hydrogen-bond acceptors (Lipinski definition) is 2. The highest BCUT2D eigenvalue weighted by Crippen LogP contribution is 2.34. The number of aryl methyl sites for hydroxylation is 1. The predicted octanol–water partition coefficient (Wildman–Crippen LogP) is 2.72. The van der Waals surface area contributed by atoms with Gasteiger partial charge in [-0.25, -0.2) is 0 Å². The first-order chi connectivity index (χ1) is 9.61. The summed E-state index contributed by atoms with van der Waals surface area (Å²) in [6.45, 7) is 11.3. The number of carbonyl (C=O) groups excluding carboxylic acids is 2. The Morgan fingerprint density at radius 3 is 2.38 bits per heavy atom. The molecule has 1 aromatic rings. The summed E-state index contributed by atoms with van der Waals surface area (Å²) in [7, 11) is 1.96. The highest BCUT2D eigenvalue weighted by Gasteiger charge is 2.37. The van der Waals surface area contributed by atoms with Gasteiger partial charge >= 0.3 is 0 Å². The molecule has 1 aliphatic rings. The second kappa shape index (κ2) is 5.32. The molecule has 1 unspecified atom stereocenters. The number of hydrogen-bond donors (Lipinski definition) is 0. The van der Waals surface area contributed by atoms with Crippen molar-refractivity contribution in [3.05, 3.63) is 23.0 Å². The Kier molecular flexibility index (Phi) is 4.00. The van der Waals surface area contributed by atoms with Crippen molar-refractivity contribution >= 4 is 11.7 Å². The minimum absolute atomic E-state index is 0.0408. The number of amides is 1. The van der Waals surface area contributed by atoms with Gasteiger partial charge in [0.05, 0.1) is 6.54 Å². The van der Waals surface area contributed by atoms with Gasteiger partial charge in [-0.05, 0) is 31.2 Å². The van der Waals surface area contributed by atoms with E-state index in [0.717, 1.165) is 17.0 Å². The average Bonchev–Trinajstić information content (AvgIpc) is 2.85. The first-order valence-electron chi connectivity index (χ1n) is 7.55. The standard InChI is InChI=1S/C17H26N2O2/c1-11-7-14(12(2)18(11)6)15(20)10-19-9-13(8-16(19)21)17(3,4)5/h7,13H,8-10H2,1-6H3. The van der Waals surface area contributed by atoms with Crippen molar-refractivity contribution in [2.75, 3.05) is 13.1 Å². The zero-order valence-electron chi connectivity index (χ0n) is 14.0. The van der Waals surface area contributed by atoms with Gasteiger partial charge < -0.3 is 9.47 Å². The molecule has 4 nitrogen and oxygen atoms in total.